The van der Waals surface area contributed by atoms with Crippen LogP contribution < -0.4 is 5.32 Å². The van der Waals surface area contributed by atoms with Gasteiger partial charge in [0.2, 0.25) is 0 Å². The van der Waals surface area contributed by atoms with Gasteiger partial charge in [0.15, 0.2) is 0 Å². The largest absolute Gasteiger partial charge is 0.468 e. The molecule has 1 aromatic carbocycles. The molecule has 0 aromatic heterocycles. The highest BCUT2D eigenvalue weighted by Crippen LogP contribution is 2.39. The highest BCUT2D eigenvalue weighted by Gasteiger charge is 2.48. The average molecular weight is 267 g/mol. The molecule has 1 aliphatic heterocycles. The van der Waals surface area contributed by atoms with E-state index in [-0.39, 0.29) is 18.3 Å². The van der Waals surface area contributed by atoms with Gasteiger partial charge in [-0.3, -0.25) is 10.1 Å². The predicted octanol–water partition coefficient (Wildman–Crippen LogP) is 1.40. The van der Waals surface area contributed by atoms with Crippen LogP contribution in [0.25, 0.3) is 0 Å². The molecule has 0 amide bonds. The maximum absolute atomic E-state index is 13.8. The van der Waals surface area contributed by atoms with Crippen LogP contribution in [0.15, 0.2) is 24.3 Å². The van der Waals surface area contributed by atoms with Gasteiger partial charge in [-0.15, -0.1) is 0 Å². The fourth-order valence-electron chi connectivity index (χ4n) is 2.76. The molecule has 1 fully saturated rings. The van der Waals surface area contributed by atoms with Crippen LogP contribution in [-0.2, 0) is 9.53 Å². The standard InChI is InChI=1S/C14H18FNO3/c1-14(13(18)19-2)7-9(8-17)12(16-14)10-5-3-4-6-11(10)15/h3-6,9,12,16-17H,7-8H2,1-2H3/t9-,12+,14-/m0/s1. The Morgan fingerprint density at radius 3 is 2.84 bits per heavy atom. The Hall–Kier alpha value is -1.46. The number of methoxy groups -OCH3 is 1. The molecule has 0 unspecified atom stereocenters. The van der Waals surface area contributed by atoms with Crippen molar-refractivity contribution in [3.63, 3.8) is 0 Å². The number of benzene rings is 1. The van der Waals surface area contributed by atoms with E-state index in [1.165, 1.54) is 13.2 Å². The van der Waals surface area contributed by atoms with Crippen molar-refractivity contribution in [3.8, 4) is 0 Å². The zero-order valence-electron chi connectivity index (χ0n) is 11.0. The van der Waals surface area contributed by atoms with Gasteiger partial charge in [0, 0.05) is 24.1 Å². The average Bonchev–Trinajstić information content (AvgIpc) is 2.77. The molecule has 1 heterocycles. The first-order chi connectivity index (χ1) is 9.01. The molecule has 4 nitrogen and oxygen atoms in total. The minimum Gasteiger partial charge on any atom is -0.468 e. The van der Waals surface area contributed by atoms with Gasteiger partial charge < -0.3 is 9.84 Å². The summed E-state index contributed by atoms with van der Waals surface area (Å²) in [6, 6.07) is 6.00. The smallest absolute Gasteiger partial charge is 0.325 e. The Labute approximate surface area is 111 Å². The molecule has 2 rings (SSSR count). The normalized spacial score (nSPS) is 30.3. The number of esters is 1. The van der Waals surface area contributed by atoms with Gasteiger partial charge in [0.25, 0.3) is 0 Å². The van der Waals surface area contributed by atoms with Crippen molar-refractivity contribution >= 4 is 5.97 Å². The Bertz CT molecular complexity index is 480. The molecule has 0 aliphatic carbocycles. The second-order valence-electron chi connectivity index (χ2n) is 5.11. The molecular weight excluding hydrogens is 249 g/mol. The number of aliphatic hydroxyl groups is 1. The summed E-state index contributed by atoms with van der Waals surface area (Å²) in [5.74, 6) is -0.960. The van der Waals surface area contributed by atoms with Crippen LogP contribution in [0.2, 0.25) is 0 Å². The molecule has 3 atom stereocenters. The third-order valence-electron chi connectivity index (χ3n) is 3.73. The lowest BCUT2D eigenvalue weighted by Crippen LogP contribution is -2.46. The number of carbonyl (C=O) groups excluding carboxylic acids is 1. The number of rotatable bonds is 3. The summed E-state index contributed by atoms with van der Waals surface area (Å²) in [6.07, 6.45) is 0.412. The van der Waals surface area contributed by atoms with Gasteiger partial charge in [0.1, 0.15) is 11.4 Å². The van der Waals surface area contributed by atoms with Crippen molar-refractivity contribution in [2.75, 3.05) is 13.7 Å². The fraction of sp³-hybridized carbons (Fsp3) is 0.500. The monoisotopic (exact) mass is 267 g/mol. The second kappa shape index (κ2) is 5.27. The van der Waals surface area contributed by atoms with E-state index in [1.807, 2.05) is 0 Å². The molecule has 19 heavy (non-hydrogen) atoms. The number of carbonyl (C=O) groups is 1. The molecule has 1 aromatic rings. The molecule has 5 heteroatoms. The maximum Gasteiger partial charge on any atom is 0.325 e. The van der Waals surface area contributed by atoms with Crippen molar-refractivity contribution in [2.45, 2.75) is 24.9 Å². The lowest BCUT2D eigenvalue weighted by Gasteiger charge is -2.23. The molecular formula is C14H18FNO3. The molecule has 0 saturated carbocycles. The Balaban J connectivity index is 2.31. The van der Waals surface area contributed by atoms with Gasteiger partial charge in [-0.2, -0.15) is 0 Å². The van der Waals surface area contributed by atoms with Crippen molar-refractivity contribution in [1.29, 1.82) is 0 Å². The quantitative estimate of drug-likeness (QED) is 0.813. The van der Waals surface area contributed by atoms with Gasteiger partial charge in [-0.1, -0.05) is 18.2 Å². The zero-order valence-corrected chi connectivity index (χ0v) is 11.0. The highest BCUT2D eigenvalue weighted by atomic mass is 19.1. The van der Waals surface area contributed by atoms with Crippen molar-refractivity contribution in [1.82, 2.24) is 5.32 Å². The van der Waals surface area contributed by atoms with E-state index in [0.717, 1.165) is 0 Å². The van der Waals surface area contributed by atoms with E-state index in [4.69, 9.17) is 4.74 Å². The summed E-state index contributed by atoms with van der Waals surface area (Å²) < 4.78 is 18.6. The molecule has 0 spiro atoms. The Morgan fingerprint density at radius 2 is 2.26 bits per heavy atom. The summed E-state index contributed by atoms with van der Waals surface area (Å²) in [7, 11) is 1.32. The Morgan fingerprint density at radius 1 is 1.58 bits per heavy atom. The second-order valence-corrected chi connectivity index (χ2v) is 5.11. The van der Waals surface area contributed by atoms with Gasteiger partial charge in [-0.05, 0) is 19.4 Å². The molecule has 0 radical (unpaired) electrons. The number of hydrogen-bond donors (Lipinski definition) is 2. The van der Waals surface area contributed by atoms with Crippen LogP contribution in [0.4, 0.5) is 4.39 Å². The number of hydrogen-bond acceptors (Lipinski definition) is 4. The van der Waals surface area contributed by atoms with Crippen LogP contribution >= 0.6 is 0 Å². The summed E-state index contributed by atoms with van der Waals surface area (Å²) in [4.78, 5) is 11.8. The third kappa shape index (κ3) is 2.48. The molecule has 1 aliphatic rings. The van der Waals surface area contributed by atoms with Crippen molar-refractivity contribution in [3.05, 3.63) is 35.6 Å². The zero-order chi connectivity index (χ0) is 14.0. The summed E-state index contributed by atoms with van der Waals surface area (Å²) in [5.41, 5.74) is -0.427. The SMILES string of the molecule is COC(=O)[C@]1(C)C[C@@H](CO)[C@H](c2ccccc2F)N1. The van der Waals surface area contributed by atoms with E-state index in [1.54, 1.807) is 25.1 Å². The molecule has 0 bridgehead atoms. The summed E-state index contributed by atoms with van der Waals surface area (Å²) >= 11 is 0. The van der Waals surface area contributed by atoms with Crippen molar-refractivity contribution < 1.29 is 19.0 Å². The number of halogens is 1. The first-order valence-electron chi connectivity index (χ1n) is 6.23. The van der Waals surface area contributed by atoms with E-state index >= 15 is 0 Å². The van der Waals surface area contributed by atoms with E-state index in [2.05, 4.69) is 5.32 Å². The topological polar surface area (TPSA) is 58.6 Å². The minimum absolute atomic E-state index is 0.113. The van der Waals surface area contributed by atoms with Crippen LogP contribution in [0, 0.1) is 11.7 Å². The predicted molar refractivity (Wildman–Crippen MR) is 67.9 cm³/mol. The van der Waals surface area contributed by atoms with E-state index < -0.39 is 17.6 Å². The maximum atomic E-state index is 13.8. The lowest BCUT2D eigenvalue weighted by molar-refractivity contribution is -0.147. The summed E-state index contributed by atoms with van der Waals surface area (Å²) in [6.45, 7) is 1.60. The highest BCUT2D eigenvalue weighted by molar-refractivity contribution is 5.80. The van der Waals surface area contributed by atoms with Gasteiger partial charge in [0.05, 0.1) is 7.11 Å². The minimum atomic E-state index is -0.894. The van der Waals surface area contributed by atoms with E-state index in [9.17, 15) is 14.3 Å². The van der Waals surface area contributed by atoms with Crippen LogP contribution in [-0.4, -0.2) is 30.3 Å². The van der Waals surface area contributed by atoms with Crippen LogP contribution in [0.3, 0.4) is 0 Å². The van der Waals surface area contributed by atoms with Crippen LogP contribution in [0.5, 0.6) is 0 Å². The number of nitrogens with one attached hydrogen (secondary N) is 1. The van der Waals surface area contributed by atoms with E-state index in [0.29, 0.717) is 12.0 Å². The molecule has 2 N–H and O–H groups in total. The van der Waals surface area contributed by atoms with Gasteiger partial charge in [-0.25, -0.2) is 4.39 Å². The summed E-state index contributed by atoms with van der Waals surface area (Å²) in [5, 5.41) is 12.6. The third-order valence-corrected chi connectivity index (χ3v) is 3.73. The number of aliphatic hydroxyl groups excluding tert-OH is 1. The first kappa shape index (κ1) is 14.0. The molecule has 104 valence electrons. The van der Waals surface area contributed by atoms with Crippen molar-refractivity contribution in [2.24, 2.45) is 5.92 Å². The van der Waals surface area contributed by atoms with Gasteiger partial charge >= 0.3 is 5.97 Å². The lowest BCUT2D eigenvalue weighted by atomic mass is 9.90. The fourth-order valence-corrected chi connectivity index (χ4v) is 2.76. The van der Waals surface area contributed by atoms with Crippen LogP contribution in [0.1, 0.15) is 24.9 Å². The molecule has 1 saturated heterocycles. The Kier molecular flexibility index (Phi) is 3.87. The first-order valence-corrected chi connectivity index (χ1v) is 6.23. The number of ether oxygens (including phenoxy) is 1.